The molecule has 0 atom stereocenters. The van der Waals surface area contributed by atoms with Crippen LogP contribution in [-0.4, -0.2) is 22.2 Å². The molecule has 17 heavy (non-hydrogen) atoms. The Hall–Kier alpha value is -1.32. The molecule has 0 unspecified atom stereocenters. The van der Waals surface area contributed by atoms with Gasteiger partial charge in [0.05, 0.1) is 18.3 Å². The molecule has 1 aliphatic rings. The minimum absolute atomic E-state index is 0.115. The van der Waals surface area contributed by atoms with Crippen molar-refractivity contribution in [1.82, 2.24) is 9.97 Å². The van der Waals surface area contributed by atoms with E-state index in [1.54, 1.807) is 6.07 Å². The van der Waals surface area contributed by atoms with Crippen molar-refractivity contribution in [3.05, 3.63) is 11.9 Å². The Morgan fingerprint density at radius 1 is 1.00 bits per heavy atom. The summed E-state index contributed by atoms with van der Waals surface area (Å²) in [6, 6.07) is 1.77. The number of nitrogens with zero attached hydrogens (tertiary/aromatic N) is 2. The van der Waals surface area contributed by atoms with Gasteiger partial charge in [0.15, 0.2) is 0 Å². The van der Waals surface area contributed by atoms with Crippen molar-refractivity contribution < 1.29 is 9.47 Å². The molecule has 0 radical (unpaired) electrons. The fraction of sp³-hybridized carbons (Fsp3) is 0.692. The van der Waals surface area contributed by atoms with Gasteiger partial charge >= 0.3 is 0 Å². The van der Waals surface area contributed by atoms with Gasteiger partial charge in [-0.15, -0.1) is 0 Å². The van der Waals surface area contributed by atoms with E-state index in [1.807, 2.05) is 27.7 Å². The van der Waals surface area contributed by atoms with Crippen LogP contribution in [0.1, 0.15) is 52.3 Å². The minimum atomic E-state index is 0.115. The second kappa shape index (κ2) is 4.90. The van der Waals surface area contributed by atoms with Crippen molar-refractivity contribution >= 4 is 0 Å². The number of hydrogen-bond acceptors (Lipinski definition) is 4. The molecule has 0 aliphatic heterocycles. The van der Waals surface area contributed by atoms with E-state index >= 15 is 0 Å². The van der Waals surface area contributed by atoms with Gasteiger partial charge < -0.3 is 9.47 Å². The van der Waals surface area contributed by atoms with Crippen LogP contribution in [0, 0.1) is 0 Å². The van der Waals surface area contributed by atoms with E-state index in [0.29, 0.717) is 17.7 Å². The summed E-state index contributed by atoms with van der Waals surface area (Å²) in [4.78, 5) is 8.86. The van der Waals surface area contributed by atoms with Gasteiger partial charge in [-0.3, -0.25) is 0 Å². The van der Waals surface area contributed by atoms with Gasteiger partial charge in [-0.2, -0.15) is 9.97 Å². The van der Waals surface area contributed by atoms with Crippen LogP contribution in [0.4, 0.5) is 0 Å². The van der Waals surface area contributed by atoms with Crippen molar-refractivity contribution in [2.24, 2.45) is 0 Å². The summed E-state index contributed by atoms with van der Waals surface area (Å²) in [5, 5.41) is 0. The molecule has 94 valence electrons. The molecule has 1 aromatic heterocycles. The van der Waals surface area contributed by atoms with E-state index in [0.717, 1.165) is 5.82 Å². The van der Waals surface area contributed by atoms with E-state index < -0.39 is 0 Å². The summed E-state index contributed by atoms with van der Waals surface area (Å²) in [5.74, 6) is 2.60. The highest BCUT2D eigenvalue weighted by molar-refractivity contribution is 5.24. The molecule has 0 saturated heterocycles. The molecule has 0 spiro atoms. The maximum atomic E-state index is 5.62. The van der Waals surface area contributed by atoms with Gasteiger partial charge in [-0.05, 0) is 40.5 Å². The lowest BCUT2D eigenvalue weighted by atomic mass is 10.4. The summed E-state index contributed by atoms with van der Waals surface area (Å²) in [5.41, 5.74) is 0. The number of ether oxygens (including phenoxy) is 2. The Balaban J connectivity index is 2.21. The summed E-state index contributed by atoms with van der Waals surface area (Å²) in [6.45, 7) is 7.95. The SMILES string of the molecule is CC(C)Oc1cc(OC(C)C)nc(C2CC2)n1. The molecule has 4 heteroatoms. The highest BCUT2D eigenvalue weighted by atomic mass is 16.5. The normalized spacial score (nSPS) is 15.4. The van der Waals surface area contributed by atoms with E-state index in [1.165, 1.54) is 12.8 Å². The average Bonchev–Trinajstić information content (AvgIpc) is 2.97. The van der Waals surface area contributed by atoms with Gasteiger partial charge in [0.2, 0.25) is 11.8 Å². The Morgan fingerprint density at radius 3 is 1.82 bits per heavy atom. The lowest BCUT2D eigenvalue weighted by Gasteiger charge is -2.13. The predicted octanol–water partition coefficient (Wildman–Crippen LogP) is 2.93. The van der Waals surface area contributed by atoms with E-state index in [4.69, 9.17) is 9.47 Å². The molecule has 0 N–H and O–H groups in total. The minimum Gasteiger partial charge on any atom is -0.475 e. The molecule has 1 aliphatic carbocycles. The third kappa shape index (κ3) is 3.58. The molecular formula is C13H20N2O2. The zero-order valence-corrected chi connectivity index (χ0v) is 10.9. The number of hydrogen-bond donors (Lipinski definition) is 0. The number of aromatic nitrogens is 2. The Morgan fingerprint density at radius 2 is 1.47 bits per heavy atom. The van der Waals surface area contributed by atoms with Crippen molar-refractivity contribution in [3.63, 3.8) is 0 Å². The van der Waals surface area contributed by atoms with Gasteiger partial charge in [-0.1, -0.05) is 0 Å². The van der Waals surface area contributed by atoms with Gasteiger partial charge in [0.25, 0.3) is 0 Å². The average molecular weight is 236 g/mol. The molecular weight excluding hydrogens is 216 g/mol. The summed E-state index contributed by atoms with van der Waals surface area (Å²) >= 11 is 0. The lowest BCUT2D eigenvalue weighted by molar-refractivity contribution is 0.214. The van der Waals surface area contributed by atoms with Crippen LogP contribution in [0.2, 0.25) is 0 Å². The summed E-state index contributed by atoms with van der Waals surface area (Å²) < 4.78 is 11.2. The fourth-order valence-corrected chi connectivity index (χ4v) is 1.55. The first-order chi connectivity index (χ1) is 8.04. The van der Waals surface area contributed by atoms with Crippen LogP contribution in [0.25, 0.3) is 0 Å². The zero-order chi connectivity index (χ0) is 12.4. The van der Waals surface area contributed by atoms with Crippen LogP contribution in [-0.2, 0) is 0 Å². The first-order valence-corrected chi connectivity index (χ1v) is 6.27. The third-order valence-corrected chi connectivity index (χ3v) is 2.35. The molecule has 4 nitrogen and oxygen atoms in total. The molecule has 1 fully saturated rings. The monoisotopic (exact) mass is 236 g/mol. The van der Waals surface area contributed by atoms with Crippen molar-refractivity contribution in [2.45, 2.75) is 58.7 Å². The zero-order valence-electron chi connectivity index (χ0n) is 10.9. The molecule has 2 rings (SSSR count). The van der Waals surface area contributed by atoms with E-state index in [9.17, 15) is 0 Å². The maximum Gasteiger partial charge on any atom is 0.220 e. The topological polar surface area (TPSA) is 44.2 Å². The Labute approximate surface area is 102 Å². The summed E-state index contributed by atoms with van der Waals surface area (Å²) in [7, 11) is 0. The fourth-order valence-electron chi connectivity index (χ4n) is 1.55. The lowest BCUT2D eigenvalue weighted by Crippen LogP contribution is -2.11. The Kier molecular flexibility index (Phi) is 3.50. The highest BCUT2D eigenvalue weighted by Gasteiger charge is 2.28. The highest BCUT2D eigenvalue weighted by Crippen LogP contribution is 2.39. The molecule has 1 aromatic rings. The molecule has 0 aromatic carbocycles. The van der Waals surface area contributed by atoms with Crippen LogP contribution in [0.3, 0.4) is 0 Å². The van der Waals surface area contributed by atoms with E-state index in [2.05, 4.69) is 9.97 Å². The molecule has 1 heterocycles. The van der Waals surface area contributed by atoms with Crippen LogP contribution < -0.4 is 9.47 Å². The second-order valence-electron chi connectivity index (χ2n) is 5.01. The summed E-state index contributed by atoms with van der Waals surface area (Å²) in [6.07, 6.45) is 2.58. The first-order valence-electron chi connectivity index (χ1n) is 6.27. The maximum absolute atomic E-state index is 5.62. The van der Waals surface area contributed by atoms with Gasteiger partial charge in [0, 0.05) is 5.92 Å². The largest absolute Gasteiger partial charge is 0.475 e. The van der Waals surface area contributed by atoms with Crippen molar-refractivity contribution in [2.75, 3.05) is 0 Å². The Bertz CT molecular complexity index is 359. The van der Waals surface area contributed by atoms with Gasteiger partial charge in [-0.25, -0.2) is 0 Å². The van der Waals surface area contributed by atoms with Crippen LogP contribution in [0.5, 0.6) is 11.8 Å². The molecule has 0 amide bonds. The smallest absolute Gasteiger partial charge is 0.220 e. The molecule has 1 saturated carbocycles. The van der Waals surface area contributed by atoms with Crippen molar-refractivity contribution in [1.29, 1.82) is 0 Å². The number of rotatable bonds is 5. The predicted molar refractivity (Wildman–Crippen MR) is 65.5 cm³/mol. The standard InChI is InChI=1S/C13H20N2O2/c1-8(2)16-11-7-12(17-9(3)4)15-13(14-11)10-5-6-10/h7-10H,5-6H2,1-4H3. The van der Waals surface area contributed by atoms with Crippen LogP contribution >= 0.6 is 0 Å². The quantitative estimate of drug-likeness (QED) is 0.788. The van der Waals surface area contributed by atoms with Gasteiger partial charge in [0.1, 0.15) is 5.82 Å². The first kappa shape index (κ1) is 12.1. The van der Waals surface area contributed by atoms with Crippen molar-refractivity contribution in [3.8, 4) is 11.8 Å². The second-order valence-corrected chi connectivity index (χ2v) is 5.01. The molecule has 0 bridgehead atoms. The third-order valence-electron chi connectivity index (χ3n) is 2.35. The van der Waals surface area contributed by atoms with Crippen LogP contribution in [0.15, 0.2) is 6.07 Å². The van der Waals surface area contributed by atoms with E-state index in [-0.39, 0.29) is 12.2 Å².